The molecule has 184 valence electrons. The first-order valence-corrected chi connectivity index (χ1v) is 12.4. The molecule has 2 aliphatic rings. The van der Waals surface area contributed by atoms with Gasteiger partial charge in [-0.3, -0.25) is 4.90 Å². The third kappa shape index (κ3) is 4.00. The smallest absolute Gasteiger partial charge is 0.337 e. The second-order valence-corrected chi connectivity index (χ2v) is 9.52. The van der Waals surface area contributed by atoms with Crippen LogP contribution in [0, 0.1) is 11.8 Å². The summed E-state index contributed by atoms with van der Waals surface area (Å²) in [5, 5.41) is 1.18. The molecule has 2 aromatic carbocycles. The van der Waals surface area contributed by atoms with Crippen LogP contribution in [-0.2, 0) is 20.7 Å². The number of rotatable bonds is 6. The zero-order valence-electron chi connectivity index (χ0n) is 21.0. The number of aromatic amines is 1. The van der Waals surface area contributed by atoms with Crippen molar-refractivity contribution in [1.29, 1.82) is 0 Å². The molecule has 6 nitrogen and oxygen atoms in total. The Morgan fingerprint density at radius 3 is 2.63 bits per heavy atom. The van der Waals surface area contributed by atoms with Crippen molar-refractivity contribution in [1.82, 2.24) is 9.88 Å². The van der Waals surface area contributed by atoms with E-state index in [1.165, 1.54) is 23.8 Å². The molecule has 0 bridgehead atoms. The molecule has 1 N–H and O–H groups in total. The van der Waals surface area contributed by atoms with Crippen LogP contribution in [0.4, 0.5) is 0 Å². The van der Waals surface area contributed by atoms with Crippen LogP contribution >= 0.6 is 0 Å². The lowest BCUT2D eigenvalue weighted by molar-refractivity contribution is -0.137. The van der Waals surface area contributed by atoms with Gasteiger partial charge in [-0.25, -0.2) is 4.79 Å². The summed E-state index contributed by atoms with van der Waals surface area (Å²) in [7, 11) is 4.79. The molecule has 1 aromatic heterocycles. The van der Waals surface area contributed by atoms with Crippen molar-refractivity contribution in [3.63, 3.8) is 0 Å². The number of piperidine rings is 1. The molecule has 3 heterocycles. The first-order chi connectivity index (χ1) is 17.1. The van der Waals surface area contributed by atoms with E-state index < -0.39 is 0 Å². The van der Waals surface area contributed by atoms with Crippen LogP contribution in [-0.4, -0.2) is 50.3 Å². The van der Waals surface area contributed by atoms with Gasteiger partial charge < -0.3 is 19.2 Å². The van der Waals surface area contributed by atoms with Crippen LogP contribution in [0.15, 0.2) is 54.3 Å². The highest BCUT2D eigenvalue weighted by molar-refractivity contribution is 5.97. The van der Waals surface area contributed by atoms with Crippen LogP contribution in [0.2, 0.25) is 0 Å². The van der Waals surface area contributed by atoms with E-state index in [4.69, 9.17) is 14.2 Å². The lowest BCUT2D eigenvalue weighted by atomic mass is 9.74. The van der Waals surface area contributed by atoms with Gasteiger partial charge in [0.25, 0.3) is 0 Å². The van der Waals surface area contributed by atoms with Crippen molar-refractivity contribution in [2.75, 3.05) is 34.4 Å². The molecule has 0 aliphatic carbocycles. The van der Waals surface area contributed by atoms with Gasteiger partial charge in [0.2, 0.25) is 0 Å². The average Bonchev–Trinajstić information content (AvgIpc) is 3.29. The minimum Gasteiger partial charge on any atom is -0.504 e. The standard InChI is InChI=1S/C29H34N2O4/c1-5-18-16-31-14-13-21-26-24(12-11-20(28(26)34-3)19-9-7-6-8-10-19)30-27(21)25(31)15-22(18)23(17-33-2)29(32)35-4/h6-12,17-18,22,25,30H,5,13-16H2,1-4H3/b23-17+/t18-,22+,25+/m1/s1. The fourth-order valence-electron chi connectivity index (χ4n) is 6.21. The number of nitrogens with zero attached hydrogens (tertiary/aromatic N) is 1. The van der Waals surface area contributed by atoms with Crippen molar-refractivity contribution in [2.45, 2.75) is 32.2 Å². The second-order valence-electron chi connectivity index (χ2n) is 9.52. The van der Waals surface area contributed by atoms with Crippen LogP contribution in [0.3, 0.4) is 0 Å². The fraction of sp³-hybridized carbons (Fsp3) is 0.414. The summed E-state index contributed by atoms with van der Waals surface area (Å²) in [6.07, 6.45) is 4.40. The fourth-order valence-corrected chi connectivity index (χ4v) is 6.21. The Balaban J connectivity index is 1.59. The lowest BCUT2D eigenvalue weighted by Crippen LogP contribution is -2.47. The van der Waals surface area contributed by atoms with Gasteiger partial charge in [0.1, 0.15) is 5.75 Å². The maximum Gasteiger partial charge on any atom is 0.337 e. The van der Waals surface area contributed by atoms with Crippen molar-refractivity contribution < 1.29 is 19.0 Å². The highest BCUT2D eigenvalue weighted by Gasteiger charge is 2.42. The molecule has 3 atom stereocenters. The van der Waals surface area contributed by atoms with E-state index in [0.29, 0.717) is 11.5 Å². The summed E-state index contributed by atoms with van der Waals surface area (Å²) in [5.74, 6) is 1.07. The third-order valence-corrected chi connectivity index (χ3v) is 7.87. The van der Waals surface area contributed by atoms with Gasteiger partial charge in [-0.2, -0.15) is 0 Å². The SMILES string of the molecule is CC[C@@H]1CN2CCc3c([nH]c4ccc(-c5ccccc5)c(OC)c34)[C@@H]2C[C@@H]1/C(=C\OC)C(=O)OC. The number of fused-ring (bicyclic) bond motifs is 5. The molecule has 35 heavy (non-hydrogen) atoms. The summed E-state index contributed by atoms with van der Waals surface area (Å²) >= 11 is 0. The molecule has 1 fully saturated rings. The number of esters is 1. The van der Waals surface area contributed by atoms with E-state index >= 15 is 0 Å². The number of hydrogen-bond acceptors (Lipinski definition) is 5. The predicted octanol–water partition coefficient (Wildman–Crippen LogP) is 5.49. The number of benzene rings is 2. The lowest BCUT2D eigenvalue weighted by Gasteiger charge is -2.46. The summed E-state index contributed by atoms with van der Waals surface area (Å²) in [6, 6.07) is 14.9. The molecular weight excluding hydrogens is 440 g/mol. The monoisotopic (exact) mass is 474 g/mol. The van der Waals surface area contributed by atoms with Crippen molar-refractivity contribution in [3.8, 4) is 16.9 Å². The molecule has 0 radical (unpaired) electrons. The molecule has 0 spiro atoms. The summed E-state index contributed by atoms with van der Waals surface area (Å²) < 4.78 is 16.5. The molecular formula is C29H34N2O4. The van der Waals surface area contributed by atoms with Gasteiger partial charge in [-0.1, -0.05) is 43.7 Å². The number of nitrogens with one attached hydrogen (secondary N) is 1. The Morgan fingerprint density at radius 1 is 1.14 bits per heavy atom. The molecule has 0 saturated carbocycles. The molecule has 0 unspecified atom stereocenters. The molecule has 6 heteroatoms. The van der Waals surface area contributed by atoms with Crippen LogP contribution < -0.4 is 4.74 Å². The average molecular weight is 475 g/mol. The topological polar surface area (TPSA) is 63.8 Å². The molecule has 3 aromatic rings. The summed E-state index contributed by atoms with van der Waals surface area (Å²) in [4.78, 5) is 19.0. The summed E-state index contributed by atoms with van der Waals surface area (Å²) in [5.41, 5.74) is 6.57. The van der Waals surface area contributed by atoms with Gasteiger partial charge in [-0.05, 0) is 47.9 Å². The zero-order chi connectivity index (χ0) is 24.5. The van der Waals surface area contributed by atoms with Crippen LogP contribution in [0.5, 0.6) is 5.75 Å². The van der Waals surface area contributed by atoms with Gasteiger partial charge in [0, 0.05) is 35.2 Å². The minimum atomic E-state index is -0.300. The molecule has 5 rings (SSSR count). The molecule has 2 aliphatic heterocycles. The number of hydrogen-bond donors (Lipinski definition) is 1. The summed E-state index contributed by atoms with van der Waals surface area (Å²) in [6.45, 7) is 4.15. The van der Waals surface area contributed by atoms with Gasteiger partial charge in [0.15, 0.2) is 0 Å². The zero-order valence-corrected chi connectivity index (χ0v) is 21.0. The molecule has 1 saturated heterocycles. The minimum absolute atomic E-state index is 0.0767. The van der Waals surface area contributed by atoms with E-state index in [2.05, 4.69) is 53.2 Å². The number of H-pyrrole nitrogens is 1. The maximum absolute atomic E-state index is 12.7. The van der Waals surface area contributed by atoms with Crippen LogP contribution in [0.25, 0.3) is 22.0 Å². The number of aromatic nitrogens is 1. The van der Waals surface area contributed by atoms with Crippen LogP contribution in [0.1, 0.15) is 37.1 Å². The predicted molar refractivity (Wildman–Crippen MR) is 137 cm³/mol. The number of ether oxygens (including phenoxy) is 3. The number of carbonyl (C=O) groups is 1. The Kier molecular flexibility index (Phi) is 6.56. The number of carbonyl (C=O) groups excluding carboxylic acids is 1. The quantitative estimate of drug-likeness (QED) is 0.291. The highest BCUT2D eigenvalue weighted by Crippen LogP contribution is 2.48. The van der Waals surface area contributed by atoms with Gasteiger partial charge >= 0.3 is 5.97 Å². The first-order valence-electron chi connectivity index (χ1n) is 12.4. The number of methoxy groups -OCH3 is 3. The normalized spacial score (nSPS) is 22.4. The van der Waals surface area contributed by atoms with E-state index in [0.717, 1.165) is 54.7 Å². The third-order valence-electron chi connectivity index (χ3n) is 7.87. The molecule has 0 amide bonds. The Bertz CT molecular complexity index is 1250. The van der Waals surface area contributed by atoms with E-state index in [-0.39, 0.29) is 17.9 Å². The Morgan fingerprint density at radius 2 is 1.94 bits per heavy atom. The van der Waals surface area contributed by atoms with E-state index in [1.54, 1.807) is 20.5 Å². The Hall–Kier alpha value is -3.25. The second kappa shape index (κ2) is 9.78. The van der Waals surface area contributed by atoms with Crippen molar-refractivity contribution >= 4 is 16.9 Å². The van der Waals surface area contributed by atoms with Gasteiger partial charge in [0.05, 0.1) is 39.2 Å². The first kappa shape index (κ1) is 23.5. The highest BCUT2D eigenvalue weighted by atomic mass is 16.5. The Labute approximate surface area is 206 Å². The van der Waals surface area contributed by atoms with E-state index in [1.807, 2.05) is 6.07 Å². The largest absolute Gasteiger partial charge is 0.504 e. The van der Waals surface area contributed by atoms with E-state index in [9.17, 15) is 4.79 Å². The van der Waals surface area contributed by atoms with Crippen molar-refractivity contribution in [3.05, 3.63) is 65.6 Å². The van der Waals surface area contributed by atoms with Crippen molar-refractivity contribution in [2.24, 2.45) is 11.8 Å². The van der Waals surface area contributed by atoms with Gasteiger partial charge in [-0.15, -0.1) is 0 Å². The maximum atomic E-state index is 12.7.